The highest BCUT2D eigenvalue weighted by atomic mass is 32.2. The molecule has 1 aromatic rings. The van der Waals surface area contributed by atoms with Crippen LogP contribution in [0.3, 0.4) is 0 Å². The zero-order chi connectivity index (χ0) is 15.3. The van der Waals surface area contributed by atoms with E-state index in [4.69, 9.17) is 0 Å². The number of nitrogens with zero attached hydrogens (tertiary/aromatic N) is 2. The molecule has 0 N–H and O–H groups in total. The van der Waals surface area contributed by atoms with E-state index >= 15 is 0 Å². The van der Waals surface area contributed by atoms with E-state index in [0.717, 1.165) is 5.56 Å². The molecule has 1 aliphatic heterocycles. The molecule has 0 bridgehead atoms. The summed E-state index contributed by atoms with van der Waals surface area (Å²) in [5.74, 6) is 0.561. The van der Waals surface area contributed by atoms with E-state index in [1.807, 2.05) is 36.6 Å². The van der Waals surface area contributed by atoms with E-state index in [0.29, 0.717) is 31.9 Å². The molecule has 0 saturated carbocycles. The smallest absolute Gasteiger partial charge is 0.232 e. The van der Waals surface area contributed by atoms with Crippen molar-refractivity contribution in [1.82, 2.24) is 9.21 Å². The van der Waals surface area contributed by atoms with Crippen molar-refractivity contribution in [3.63, 3.8) is 0 Å². The zero-order valence-electron chi connectivity index (χ0n) is 12.1. The molecule has 0 radical (unpaired) electrons. The Morgan fingerprint density at radius 3 is 2.33 bits per heavy atom. The molecular weight excluding hydrogens is 308 g/mol. The van der Waals surface area contributed by atoms with Gasteiger partial charge in [0.1, 0.15) is 0 Å². The van der Waals surface area contributed by atoms with Gasteiger partial charge >= 0.3 is 0 Å². The van der Waals surface area contributed by atoms with Gasteiger partial charge in [0.25, 0.3) is 0 Å². The number of benzene rings is 1. The lowest BCUT2D eigenvalue weighted by Gasteiger charge is -2.34. The molecule has 1 fully saturated rings. The third-order valence-electron chi connectivity index (χ3n) is 3.44. The molecule has 1 aliphatic rings. The Labute approximate surface area is 130 Å². The first-order valence-electron chi connectivity index (χ1n) is 6.81. The molecule has 116 valence electrons. The fraction of sp³-hybridized carbons (Fsp3) is 0.500. The number of carbonyl (C=O) groups excluding carboxylic acids is 1. The van der Waals surface area contributed by atoms with Crippen LogP contribution in [-0.4, -0.2) is 61.7 Å². The molecule has 1 aromatic carbocycles. The largest absolute Gasteiger partial charge is 0.339 e. The van der Waals surface area contributed by atoms with Gasteiger partial charge in [-0.05, 0) is 11.8 Å². The van der Waals surface area contributed by atoms with Crippen LogP contribution in [0.5, 0.6) is 0 Å². The second-order valence-electron chi connectivity index (χ2n) is 4.95. The number of carbonyl (C=O) groups is 1. The molecular formula is C14H20N2O3S2. The Hall–Kier alpha value is -1.05. The Kier molecular flexibility index (Phi) is 5.66. The summed E-state index contributed by atoms with van der Waals surface area (Å²) in [6.45, 7) is 1.73. The Morgan fingerprint density at radius 1 is 1.14 bits per heavy atom. The Bertz CT molecular complexity index is 567. The van der Waals surface area contributed by atoms with Crippen LogP contribution in [0.25, 0.3) is 0 Å². The number of piperazine rings is 1. The van der Waals surface area contributed by atoms with Crippen molar-refractivity contribution in [3.8, 4) is 0 Å². The van der Waals surface area contributed by atoms with Gasteiger partial charge in [-0.25, -0.2) is 8.42 Å². The fourth-order valence-corrected chi connectivity index (χ4v) is 4.25. The second kappa shape index (κ2) is 7.29. The summed E-state index contributed by atoms with van der Waals surface area (Å²) in [5.41, 5.74) is 0.790. The summed E-state index contributed by atoms with van der Waals surface area (Å²) >= 11 is 1.49. The average Bonchev–Trinajstić information content (AvgIpc) is 2.48. The molecule has 0 unspecified atom stereocenters. The highest BCUT2D eigenvalue weighted by Gasteiger charge is 2.28. The van der Waals surface area contributed by atoms with Crippen LogP contribution in [0.1, 0.15) is 5.56 Å². The van der Waals surface area contributed by atoms with Gasteiger partial charge < -0.3 is 4.90 Å². The van der Waals surface area contributed by atoms with Crippen LogP contribution >= 0.6 is 11.8 Å². The quantitative estimate of drug-likeness (QED) is 0.810. The topological polar surface area (TPSA) is 57.7 Å². The third kappa shape index (κ3) is 4.46. The summed E-state index contributed by atoms with van der Waals surface area (Å²) in [5, 5.41) is 0. The maximum Gasteiger partial charge on any atom is 0.232 e. The van der Waals surface area contributed by atoms with Gasteiger partial charge in [0.2, 0.25) is 15.9 Å². The Balaban J connectivity index is 1.93. The fourth-order valence-electron chi connectivity index (χ4n) is 2.31. The summed E-state index contributed by atoms with van der Waals surface area (Å²) in [7, 11) is -3.31. The lowest BCUT2D eigenvalue weighted by Crippen LogP contribution is -2.51. The highest BCUT2D eigenvalue weighted by Crippen LogP contribution is 2.14. The van der Waals surface area contributed by atoms with Crippen molar-refractivity contribution in [3.05, 3.63) is 35.9 Å². The molecule has 0 atom stereocenters. The van der Waals surface area contributed by atoms with Gasteiger partial charge in [-0.1, -0.05) is 30.3 Å². The number of rotatable bonds is 5. The van der Waals surface area contributed by atoms with E-state index in [2.05, 4.69) is 0 Å². The summed E-state index contributed by atoms with van der Waals surface area (Å²) in [6, 6.07) is 9.17. The normalized spacial score (nSPS) is 16.9. The van der Waals surface area contributed by atoms with Crippen LogP contribution in [-0.2, 0) is 20.6 Å². The maximum atomic E-state index is 12.4. The third-order valence-corrected chi connectivity index (χ3v) is 5.83. The first-order valence-corrected chi connectivity index (χ1v) is 9.81. The van der Waals surface area contributed by atoms with Crippen LogP contribution < -0.4 is 0 Å². The maximum absolute atomic E-state index is 12.4. The van der Waals surface area contributed by atoms with Crippen molar-refractivity contribution in [2.45, 2.75) is 5.75 Å². The number of hydrogen-bond acceptors (Lipinski definition) is 4. The number of sulfonamides is 1. The molecule has 1 saturated heterocycles. The number of thioether (sulfide) groups is 1. The lowest BCUT2D eigenvalue weighted by atomic mass is 10.2. The SMILES string of the molecule is CSCC(=O)N1CCN(S(=O)(=O)Cc2ccccc2)CC1. The molecule has 2 rings (SSSR count). The average molecular weight is 328 g/mol. The van der Waals surface area contributed by atoms with Crippen LogP contribution in [0.15, 0.2) is 30.3 Å². The lowest BCUT2D eigenvalue weighted by molar-refractivity contribution is -0.129. The van der Waals surface area contributed by atoms with Gasteiger partial charge in [0, 0.05) is 26.2 Å². The van der Waals surface area contributed by atoms with E-state index in [-0.39, 0.29) is 11.7 Å². The van der Waals surface area contributed by atoms with E-state index in [1.165, 1.54) is 16.1 Å². The second-order valence-corrected chi connectivity index (χ2v) is 7.79. The molecule has 5 nitrogen and oxygen atoms in total. The zero-order valence-corrected chi connectivity index (χ0v) is 13.7. The van der Waals surface area contributed by atoms with Gasteiger partial charge in [-0.3, -0.25) is 4.79 Å². The van der Waals surface area contributed by atoms with E-state index in [1.54, 1.807) is 4.90 Å². The van der Waals surface area contributed by atoms with Gasteiger partial charge in [-0.15, -0.1) is 0 Å². The first-order chi connectivity index (χ1) is 10.0. The van der Waals surface area contributed by atoms with Crippen LogP contribution in [0.2, 0.25) is 0 Å². The minimum Gasteiger partial charge on any atom is -0.339 e. The molecule has 21 heavy (non-hydrogen) atoms. The van der Waals surface area contributed by atoms with Crippen molar-refractivity contribution >= 4 is 27.7 Å². The van der Waals surface area contributed by atoms with Crippen molar-refractivity contribution in [1.29, 1.82) is 0 Å². The molecule has 7 heteroatoms. The van der Waals surface area contributed by atoms with Gasteiger partial charge in [0.15, 0.2) is 0 Å². The molecule has 0 aromatic heterocycles. The summed E-state index contributed by atoms with van der Waals surface area (Å²) in [4.78, 5) is 13.5. The van der Waals surface area contributed by atoms with E-state index < -0.39 is 10.0 Å². The standard InChI is InChI=1S/C14H20N2O3S2/c1-20-11-14(17)15-7-9-16(10-8-15)21(18,19)12-13-5-3-2-4-6-13/h2-6H,7-12H2,1H3. The molecule has 1 heterocycles. The predicted molar refractivity (Wildman–Crippen MR) is 85.6 cm³/mol. The Morgan fingerprint density at radius 2 is 1.76 bits per heavy atom. The van der Waals surface area contributed by atoms with E-state index in [9.17, 15) is 13.2 Å². The number of amides is 1. The highest BCUT2D eigenvalue weighted by molar-refractivity contribution is 7.99. The minimum absolute atomic E-state index is 0.0204. The van der Waals surface area contributed by atoms with Gasteiger partial charge in [-0.2, -0.15) is 16.1 Å². The summed E-state index contributed by atoms with van der Waals surface area (Å²) in [6.07, 6.45) is 1.89. The van der Waals surface area contributed by atoms with Crippen LogP contribution in [0, 0.1) is 0 Å². The van der Waals surface area contributed by atoms with Crippen molar-refractivity contribution in [2.24, 2.45) is 0 Å². The van der Waals surface area contributed by atoms with Crippen LogP contribution in [0.4, 0.5) is 0 Å². The molecule has 0 aliphatic carbocycles. The van der Waals surface area contributed by atoms with Crippen molar-refractivity contribution < 1.29 is 13.2 Å². The summed E-state index contributed by atoms with van der Waals surface area (Å²) < 4.78 is 26.2. The minimum atomic E-state index is -3.31. The molecule has 0 spiro atoms. The number of hydrogen-bond donors (Lipinski definition) is 0. The monoisotopic (exact) mass is 328 g/mol. The van der Waals surface area contributed by atoms with Crippen molar-refractivity contribution in [2.75, 3.05) is 38.2 Å². The van der Waals surface area contributed by atoms with Gasteiger partial charge in [0.05, 0.1) is 11.5 Å². The molecule has 1 amide bonds. The predicted octanol–water partition coefficient (Wildman–Crippen LogP) is 1.02. The first kappa shape index (κ1) is 16.3.